The number of nitrogens with zero attached hydrogens (tertiary/aromatic N) is 2. The second-order valence-corrected chi connectivity index (χ2v) is 5.71. The van der Waals surface area contributed by atoms with Gasteiger partial charge in [0.15, 0.2) is 17.8 Å². The first kappa shape index (κ1) is 16.7. The number of pyridine rings is 1. The lowest BCUT2D eigenvalue weighted by molar-refractivity contribution is -0.125. The van der Waals surface area contributed by atoms with Crippen LogP contribution < -0.4 is 4.74 Å². The zero-order valence-electron chi connectivity index (χ0n) is 13.6. The largest absolute Gasteiger partial charge is 0.483 e. The molecule has 0 spiro atoms. The van der Waals surface area contributed by atoms with Gasteiger partial charge in [0.2, 0.25) is 0 Å². The number of hydrogen-bond donors (Lipinski definition) is 0. The van der Waals surface area contributed by atoms with Crippen LogP contribution in [0.5, 0.6) is 5.75 Å². The van der Waals surface area contributed by atoms with Gasteiger partial charge in [-0.3, -0.25) is 9.78 Å². The molecule has 0 fully saturated rings. The molecule has 0 saturated heterocycles. The van der Waals surface area contributed by atoms with Crippen molar-refractivity contribution in [3.05, 3.63) is 59.9 Å². The summed E-state index contributed by atoms with van der Waals surface area (Å²) < 4.78 is 5.74. The van der Waals surface area contributed by atoms with E-state index in [9.17, 15) is 10.1 Å². The molecule has 0 aliphatic carbocycles. The van der Waals surface area contributed by atoms with Gasteiger partial charge < -0.3 is 4.74 Å². The summed E-state index contributed by atoms with van der Waals surface area (Å²) in [6.07, 6.45) is 0.856. The monoisotopic (exact) mass is 308 g/mol. The minimum Gasteiger partial charge on any atom is -0.483 e. The molecule has 2 atom stereocenters. The summed E-state index contributed by atoms with van der Waals surface area (Å²) in [6.45, 7) is 5.86. The van der Waals surface area contributed by atoms with Crippen molar-refractivity contribution < 1.29 is 9.53 Å². The van der Waals surface area contributed by atoms with Gasteiger partial charge in [0, 0.05) is 6.20 Å². The van der Waals surface area contributed by atoms with E-state index in [0.717, 1.165) is 5.56 Å². The zero-order chi connectivity index (χ0) is 16.8. The molecule has 0 unspecified atom stereocenters. The van der Waals surface area contributed by atoms with E-state index in [0.29, 0.717) is 17.4 Å². The molecule has 0 bridgehead atoms. The molecule has 4 heteroatoms. The predicted octanol–water partition coefficient (Wildman–Crippen LogP) is 3.85. The van der Waals surface area contributed by atoms with Crippen molar-refractivity contribution in [1.29, 1.82) is 5.26 Å². The van der Waals surface area contributed by atoms with E-state index in [1.807, 2.05) is 30.3 Å². The molecule has 23 heavy (non-hydrogen) atoms. The van der Waals surface area contributed by atoms with Gasteiger partial charge in [0.25, 0.3) is 0 Å². The molecule has 1 aromatic carbocycles. The minimum absolute atomic E-state index is 0.291. The Morgan fingerprint density at radius 1 is 1.17 bits per heavy atom. The number of nitriles is 1. The first-order valence-electron chi connectivity index (χ1n) is 7.63. The Hall–Kier alpha value is -2.67. The van der Waals surface area contributed by atoms with Gasteiger partial charge in [-0.05, 0) is 42.7 Å². The number of rotatable bonds is 6. The Labute approximate surface area is 136 Å². The van der Waals surface area contributed by atoms with Crippen LogP contribution in [0.1, 0.15) is 43.9 Å². The van der Waals surface area contributed by atoms with Crippen LogP contribution in [0, 0.1) is 11.3 Å². The summed E-state index contributed by atoms with van der Waals surface area (Å²) in [5.41, 5.74) is 1.59. The summed E-state index contributed by atoms with van der Waals surface area (Å²) in [6, 6.07) is 14.9. The normalized spacial score (nSPS) is 13.2. The smallest absolute Gasteiger partial charge is 0.196 e. The molecule has 1 aromatic heterocycles. The fourth-order valence-electron chi connectivity index (χ4n) is 2.27. The molecule has 118 valence electrons. The van der Waals surface area contributed by atoms with E-state index in [4.69, 9.17) is 4.74 Å². The fourth-order valence-corrected chi connectivity index (χ4v) is 2.27. The van der Waals surface area contributed by atoms with Crippen LogP contribution in [0.25, 0.3) is 0 Å². The SMILES string of the molecule is CC(C)c1cccc(O[C@@H](C)C(=O)[C@H](C#N)c2ccccn2)c1. The van der Waals surface area contributed by atoms with Gasteiger partial charge >= 0.3 is 0 Å². The third-order valence-corrected chi connectivity index (χ3v) is 3.64. The maximum Gasteiger partial charge on any atom is 0.196 e. The highest BCUT2D eigenvalue weighted by Crippen LogP contribution is 2.23. The molecule has 1 heterocycles. The number of ether oxygens (including phenoxy) is 1. The highest BCUT2D eigenvalue weighted by atomic mass is 16.5. The standard InChI is InChI=1S/C19H20N2O2/c1-13(2)15-7-6-8-16(11-15)23-14(3)19(22)17(12-20)18-9-4-5-10-21-18/h4-11,13-14,17H,1-3H3/t14-,17+/m0/s1. The average molecular weight is 308 g/mol. The second kappa shape index (κ2) is 7.55. The Morgan fingerprint density at radius 2 is 1.96 bits per heavy atom. The average Bonchev–Trinajstić information content (AvgIpc) is 2.56. The van der Waals surface area contributed by atoms with Gasteiger partial charge in [0.05, 0.1) is 11.8 Å². The fraction of sp³-hybridized carbons (Fsp3) is 0.316. The van der Waals surface area contributed by atoms with E-state index < -0.39 is 12.0 Å². The van der Waals surface area contributed by atoms with Gasteiger partial charge in [-0.15, -0.1) is 0 Å². The molecule has 0 radical (unpaired) electrons. The van der Waals surface area contributed by atoms with E-state index in [2.05, 4.69) is 18.8 Å². The Kier molecular flexibility index (Phi) is 5.48. The molecule has 0 aliphatic heterocycles. The van der Waals surface area contributed by atoms with Crippen LogP contribution in [0.3, 0.4) is 0 Å². The number of ketones is 1. The van der Waals surface area contributed by atoms with Crippen LogP contribution >= 0.6 is 0 Å². The second-order valence-electron chi connectivity index (χ2n) is 5.71. The molecule has 4 nitrogen and oxygen atoms in total. The zero-order valence-corrected chi connectivity index (χ0v) is 13.6. The van der Waals surface area contributed by atoms with Crippen LogP contribution in [0.2, 0.25) is 0 Å². The van der Waals surface area contributed by atoms with Crippen molar-refractivity contribution in [2.24, 2.45) is 0 Å². The van der Waals surface area contributed by atoms with Crippen molar-refractivity contribution in [3.8, 4) is 11.8 Å². The first-order chi connectivity index (χ1) is 11.0. The van der Waals surface area contributed by atoms with Gasteiger partial charge in [-0.1, -0.05) is 32.0 Å². The number of carbonyl (C=O) groups excluding carboxylic acids is 1. The molecule has 0 N–H and O–H groups in total. The van der Waals surface area contributed by atoms with Crippen molar-refractivity contribution in [1.82, 2.24) is 4.98 Å². The lowest BCUT2D eigenvalue weighted by atomic mass is 9.97. The molecule has 0 amide bonds. The molecule has 0 saturated carbocycles. The van der Waals surface area contributed by atoms with Crippen molar-refractivity contribution in [3.63, 3.8) is 0 Å². The van der Waals surface area contributed by atoms with E-state index in [1.54, 1.807) is 31.3 Å². The predicted molar refractivity (Wildman–Crippen MR) is 88.2 cm³/mol. The van der Waals surface area contributed by atoms with Crippen LogP contribution in [-0.2, 0) is 4.79 Å². The number of carbonyl (C=O) groups is 1. The summed E-state index contributed by atoms with van der Waals surface area (Å²) in [4.78, 5) is 16.6. The Balaban J connectivity index is 2.13. The highest BCUT2D eigenvalue weighted by Gasteiger charge is 2.27. The van der Waals surface area contributed by atoms with Crippen molar-refractivity contribution >= 4 is 5.78 Å². The Morgan fingerprint density at radius 3 is 2.57 bits per heavy atom. The molecule has 0 aliphatic rings. The third-order valence-electron chi connectivity index (χ3n) is 3.64. The summed E-state index contributed by atoms with van der Waals surface area (Å²) in [7, 11) is 0. The van der Waals surface area contributed by atoms with Crippen molar-refractivity contribution in [2.45, 2.75) is 38.7 Å². The topological polar surface area (TPSA) is 63.0 Å². The maximum absolute atomic E-state index is 12.5. The molecular weight excluding hydrogens is 288 g/mol. The van der Waals surface area contributed by atoms with E-state index in [-0.39, 0.29) is 5.78 Å². The van der Waals surface area contributed by atoms with Gasteiger partial charge in [0.1, 0.15) is 5.75 Å². The number of benzene rings is 1. The number of aromatic nitrogens is 1. The molecule has 2 rings (SSSR count). The molecular formula is C19H20N2O2. The maximum atomic E-state index is 12.5. The molecule has 2 aromatic rings. The van der Waals surface area contributed by atoms with Gasteiger partial charge in [-0.2, -0.15) is 5.26 Å². The first-order valence-corrected chi connectivity index (χ1v) is 7.63. The lowest BCUT2D eigenvalue weighted by Gasteiger charge is -2.17. The van der Waals surface area contributed by atoms with Crippen LogP contribution in [0.4, 0.5) is 0 Å². The number of hydrogen-bond acceptors (Lipinski definition) is 4. The van der Waals surface area contributed by atoms with Gasteiger partial charge in [-0.25, -0.2) is 0 Å². The minimum atomic E-state index is -0.917. The summed E-state index contributed by atoms with van der Waals surface area (Å²) in [5, 5.41) is 9.32. The van der Waals surface area contributed by atoms with Crippen molar-refractivity contribution in [2.75, 3.05) is 0 Å². The summed E-state index contributed by atoms with van der Waals surface area (Å²) in [5.74, 6) is -0.194. The Bertz CT molecular complexity index is 705. The summed E-state index contributed by atoms with van der Waals surface area (Å²) >= 11 is 0. The number of Topliss-reactive ketones (excluding diaryl/α,β-unsaturated/α-hetero) is 1. The van der Waals surface area contributed by atoms with Crippen LogP contribution in [-0.4, -0.2) is 16.9 Å². The van der Waals surface area contributed by atoms with E-state index in [1.165, 1.54) is 0 Å². The van der Waals surface area contributed by atoms with Crippen LogP contribution in [0.15, 0.2) is 48.7 Å². The quantitative estimate of drug-likeness (QED) is 0.813. The highest BCUT2D eigenvalue weighted by molar-refractivity contribution is 5.91. The third kappa shape index (κ3) is 4.17. The lowest BCUT2D eigenvalue weighted by Crippen LogP contribution is -2.29. The van der Waals surface area contributed by atoms with E-state index >= 15 is 0 Å².